The van der Waals surface area contributed by atoms with Crippen molar-refractivity contribution in [1.82, 2.24) is 5.32 Å². The van der Waals surface area contributed by atoms with Crippen LogP contribution in [0.25, 0.3) is 0 Å². The molecule has 0 spiro atoms. The smallest absolute Gasteiger partial charge is 0.242 e. The van der Waals surface area contributed by atoms with Gasteiger partial charge in [-0.15, -0.1) is 0 Å². The minimum atomic E-state index is -2.13. The molecule has 1 unspecified atom stereocenters. The van der Waals surface area contributed by atoms with Gasteiger partial charge in [-0.25, -0.2) is 8.78 Å². The van der Waals surface area contributed by atoms with Crippen molar-refractivity contribution in [2.75, 3.05) is 0 Å². The van der Waals surface area contributed by atoms with E-state index in [9.17, 15) is 8.78 Å². The van der Waals surface area contributed by atoms with Crippen molar-refractivity contribution in [3.05, 3.63) is 0 Å². The summed E-state index contributed by atoms with van der Waals surface area (Å²) in [5.41, 5.74) is 0.301. The van der Waals surface area contributed by atoms with Gasteiger partial charge >= 0.3 is 0 Å². The molecule has 2 aliphatic rings. The van der Waals surface area contributed by atoms with Crippen LogP contribution in [-0.4, -0.2) is 18.5 Å². The maximum absolute atomic E-state index is 12.3. The molecule has 3 heteroatoms. The molecule has 82 valence electrons. The lowest BCUT2D eigenvalue weighted by atomic mass is 9.87. The molecule has 2 saturated carbocycles. The topological polar surface area (TPSA) is 12.0 Å². The Morgan fingerprint density at radius 1 is 1.36 bits per heavy atom. The Balaban J connectivity index is 1.82. The average molecular weight is 203 g/mol. The molecule has 0 aromatic rings. The lowest BCUT2D eigenvalue weighted by molar-refractivity contribution is 0.116. The zero-order valence-corrected chi connectivity index (χ0v) is 8.89. The van der Waals surface area contributed by atoms with Crippen LogP contribution in [0, 0.1) is 11.3 Å². The molecule has 2 rings (SSSR count). The largest absolute Gasteiger partial charge is 0.310 e. The Hall–Kier alpha value is -0.180. The molecule has 2 aliphatic carbocycles. The summed E-state index contributed by atoms with van der Waals surface area (Å²) in [7, 11) is 0. The number of rotatable bonds is 3. The standard InChI is InChI=1S/C11H19F2N/c1-11(2)5-3-4-9(11)14-8-6-7(8)10(12)13/h7-10,14H,3-6H2,1-2H3/t7-,8-,9?/m0/s1. The maximum Gasteiger partial charge on any atom is 0.242 e. The van der Waals surface area contributed by atoms with Crippen molar-refractivity contribution in [1.29, 1.82) is 0 Å². The highest BCUT2D eigenvalue weighted by atomic mass is 19.3. The van der Waals surface area contributed by atoms with E-state index in [1.54, 1.807) is 0 Å². The molecular weight excluding hydrogens is 184 g/mol. The van der Waals surface area contributed by atoms with Crippen LogP contribution >= 0.6 is 0 Å². The first-order valence-corrected chi connectivity index (χ1v) is 5.55. The average Bonchev–Trinajstić information content (AvgIpc) is 2.74. The van der Waals surface area contributed by atoms with E-state index in [0.29, 0.717) is 17.9 Å². The second-order valence-corrected chi connectivity index (χ2v) is 5.44. The van der Waals surface area contributed by atoms with E-state index >= 15 is 0 Å². The molecule has 0 aromatic heterocycles. The van der Waals surface area contributed by atoms with Gasteiger partial charge < -0.3 is 5.32 Å². The molecule has 0 bridgehead atoms. The number of alkyl halides is 2. The van der Waals surface area contributed by atoms with Gasteiger partial charge in [0.2, 0.25) is 6.43 Å². The van der Waals surface area contributed by atoms with Gasteiger partial charge in [0.05, 0.1) is 0 Å². The van der Waals surface area contributed by atoms with Gasteiger partial charge in [0.25, 0.3) is 0 Å². The first-order valence-electron chi connectivity index (χ1n) is 5.55. The van der Waals surface area contributed by atoms with Crippen molar-refractivity contribution >= 4 is 0 Å². The Labute approximate surface area is 84.3 Å². The van der Waals surface area contributed by atoms with Gasteiger partial charge in [-0.05, 0) is 24.7 Å². The van der Waals surface area contributed by atoms with E-state index < -0.39 is 6.43 Å². The monoisotopic (exact) mass is 203 g/mol. The molecule has 0 amide bonds. The molecule has 14 heavy (non-hydrogen) atoms. The molecule has 0 aliphatic heterocycles. The Bertz CT molecular complexity index is 215. The third kappa shape index (κ3) is 1.92. The van der Waals surface area contributed by atoms with Crippen LogP contribution in [0.3, 0.4) is 0 Å². The molecule has 1 nitrogen and oxygen atoms in total. The number of nitrogens with one attached hydrogen (secondary N) is 1. The Morgan fingerprint density at radius 2 is 2.07 bits per heavy atom. The van der Waals surface area contributed by atoms with Gasteiger partial charge in [-0.2, -0.15) is 0 Å². The van der Waals surface area contributed by atoms with E-state index in [2.05, 4.69) is 19.2 Å². The van der Waals surface area contributed by atoms with Crippen molar-refractivity contribution in [3.8, 4) is 0 Å². The molecule has 3 atom stereocenters. The molecule has 1 N–H and O–H groups in total. The first-order chi connectivity index (χ1) is 6.50. The Morgan fingerprint density at radius 3 is 2.50 bits per heavy atom. The van der Waals surface area contributed by atoms with Crippen LogP contribution in [0.1, 0.15) is 39.5 Å². The van der Waals surface area contributed by atoms with E-state index in [0.717, 1.165) is 6.42 Å². The summed E-state index contributed by atoms with van der Waals surface area (Å²) in [4.78, 5) is 0. The van der Waals surface area contributed by atoms with Crippen molar-refractivity contribution in [3.63, 3.8) is 0 Å². The number of halogens is 2. The maximum atomic E-state index is 12.3. The number of hydrogen-bond acceptors (Lipinski definition) is 1. The van der Waals surface area contributed by atoms with Crippen LogP contribution in [0.4, 0.5) is 8.78 Å². The lowest BCUT2D eigenvalue weighted by Gasteiger charge is -2.28. The van der Waals surface area contributed by atoms with Gasteiger partial charge in [0, 0.05) is 18.0 Å². The summed E-state index contributed by atoms with van der Waals surface area (Å²) in [6.45, 7) is 4.47. The van der Waals surface area contributed by atoms with Gasteiger partial charge in [0.1, 0.15) is 0 Å². The summed E-state index contributed by atoms with van der Waals surface area (Å²) in [6.07, 6.45) is 2.15. The molecule has 0 saturated heterocycles. The Kier molecular flexibility index (Phi) is 2.54. The van der Waals surface area contributed by atoms with E-state index in [4.69, 9.17) is 0 Å². The molecular formula is C11H19F2N. The molecule has 0 heterocycles. The highest BCUT2D eigenvalue weighted by molar-refractivity contribution is 5.00. The van der Waals surface area contributed by atoms with Crippen LogP contribution in [0.15, 0.2) is 0 Å². The second-order valence-electron chi connectivity index (χ2n) is 5.44. The molecule has 2 fully saturated rings. The fourth-order valence-electron chi connectivity index (χ4n) is 2.58. The lowest BCUT2D eigenvalue weighted by Crippen LogP contribution is -2.40. The van der Waals surface area contributed by atoms with Crippen LogP contribution in [-0.2, 0) is 0 Å². The minimum absolute atomic E-state index is 0.0948. The highest BCUT2D eigenvalue weighted by Crippen LogP contribution is 2.42. The summed E-state index contributed by atoms with van der Waals surface area (Å²) in [5.74, 6) is -0.369. The van der Waals surface area contributed by atoms with Crippen LogP contribution in [0.5, 0.6) is 0 Å². The summed E-state index contributed by atoms with van der Waals surface area (Å²) >= 11 is 0. The predicted octanol–water partition coefficient (Wildman–Crippen LogP) is 2.81. The fourth-order valence-corrected chi connectivity index (χ4v) is 2.58. The summed E-state index contributed by atoms with van der Waals surface area (Å²) < 4.78 is 24.6. The van der Waals surface area contributed by atoms with Crippen molar-refractivity contribution in [2.45, 2.75) is 58.0 Å². The van der Waals surface area contributed by atoms with E-state index in [1.165, 1.54) is 12.8 Å². The summed E-state index contributed by atoms with van der Waals surface area (Å²) in [5, 5.41) is 3.39. The molecule has 0 radical (unpaired) electrons. The SMILES string of the molecule is CC1(C)CCCC1N[C@H]1C[C@@H]1C(F)F. The predicted molar refractivity (Wildman–Crippen MR) is 52.5 cm³/mol. The first kappa shape index (κ1) is 10.3. The minimum Gasteiger partial charge on any atom is -0.310 e. The fraction of sp³-hybridized carbons (Fsp3) is 1.00. The van der Waals surface area contributed by atoms with Crippen LogP contribution < -0.4 is 5.32 Å². The van der Waals surface area contributed by atoms with Gasteiger partial charge in [-0.3, -0.25) is 0 Å². The normalized spacial score (nSPS) is 40.5. The zero-order chi connectivity index (χ0) is 10.3. The van der Waals surface area contributed by atoms with Crippen molar-refractivity contribution < 1.29 is 8.78 Å². The second kappa shape index (κ2) is 3.44. The number of hydrogen-bond donors (Lipinski definition) is 1. The third-order valence-electron chi connectivity index (χ3n) is 3.84. The van der Waals surface area contributed by atoms with Gasteiger partial charge in [-0.1, -0.05) is 20.3 Å². The summed E-state index contributed by atoms with van der Waals surface area (Å²) in [6, 6.07) is 0.550. The zero-order valence-electron chi connectivity index (χ0n) is 8.89. The quantitative estimate of drug-likeness (QED) is 0.743. The highest BCUT2D eigenvalue weighted by Gasteiger charge is 2.47. The third-order valence-corrected chi connectivity index (χ3v) is 3.84. The van der Waals surface area contributed by atoms with E-state index in [1.807, 2.05) is 0 Å². The van der Waals surface area contributed by atoms with Gasteiger partial charge in [0.15, 0.2) is 0 Å². The van der Waals surface area contributed by atoms with Crippen LogP contribution in [0.2, 0.25) is 0 Å². The molecule has 0 aromatic carbocycles. The van der Waals surface area contributed by atoms with E-state index in [-0.39, 0.29) is 12.0 Å². The van der Waals surface area contributed by atoms with Crippen molar-refractivity contribution in [2.24, 2.45) is 11.3 Å².